The summed E-state index contributed by atoms with van der Waals surface area (Å²) >= 11 is 0. The Balaban J connectivity index is 2.04. The van der Waals surface area contributed by atoms with Crippen LogP contribution in [0.3, 0.4) is 0 Å². The third-order valence-corrected chi connectivity index (χ3v) is 4.88. The van der Waals surface area contributed by atoms with Crippen molar-refractivity contribution in [3.05, 3.63) is 50.7 Å². The van der Waals surface area contributed by atoms with Crippen LogP contribution in [0, 0.1) is 0 Å². The van der Waals surface area contributed by atoms with Gasteiger partial charge in [0.25, 0.3) is 5.56 Å². The third kappa shape index (κ3) is 5.88. The highest BCUT2D eigenvalue weighted by atomic mass is 16.5. The van der Waals surface area contributed by atoms with Crippen molar-refractivity contribution >= 4 is 17.4 Å². The minimum Gasteiger partial charge on any atom is -0.497 e. The fourth-order valence-corrected chi connectivity index (χ4v) is 3.14. The molecule has 0 atom stereocenters. The van der Waals surface area contributed by atoms with Crippen LogP contribution in [0.5, 0.6) is 5.75 Å². The highest BCUT2D eigenvalue weighted by Gasteiger charge is 2.19. The number of nitrogens with zero attached hydrogens (tertiary/aromatic N) is 2. The molecule has 0 unspecified atom stereocenters. The van der Waals surface area contributed by atoms with Gasteiger partial charge in [-0.25, -0.2) is 4.79 Å². The van der Waals surface area contributed by atoms with E-state index in [-0.39, 0.29) is 24.0 Å². The molecule has 0 spiro atoms. The Morgan fingerprint density at radius 2 is 1.93 bits per heavy atom. The summed E-state index contributed by atoms with van der Waals surface area (Å²) in [6.07, 6.45) is 2.31. The van der Waals surface area contributed by atoms with Crippen molar-refractivity contribution in [3.8, 4) is 5.75 Å². The maximum atomic E-state index is 12.4. The molecule has 9 nitrogen and oxygen atoms in total. The second kappa shape index (κ2) is 11.1. The molecule has 0 aliphatic rings. The maximum absolute atomic E-state index is 12.4. The fourth-order valence-electron chi connectivity index (χ4n) is 3.14. The molecular weight excluding hydrogens is 386 g/mol. The minimum absolute atomic E-state index is 0.0294. The Morgan fingerprint density at radius 1 is 1.23 bits per heavy atom. The van der Waals surface area contributed by atoms with E-state index in [1.807, 2.05) is 38.1 Å². The van der Waals surface area contributed by atoms with Crippen LogP contribution in [0.4, 0.5) is 11.5 Å². The van der Waals surface area contributed by atoms with Gasteiger partial charge in [-0.3, -0.25) is 19.1 Å². The van der Waals surface area contributed by atoms with Crippen LogP contribution in [0.1, 0.15) is 32.3 Å². The standard InChI is InChI=1S/C21H31N5O4/c1-4-6-13-26-19(22)18(20(28)24-21(26)29)25(5-2)14-17(27)23-12-11-15-7-9-16(30-3)10-8-15/h7-10H,4-6,11-14,22H2,1-3H3,(H,23,27)(H,24,28,29). The van der Waals surface area contributed by atoms with Crippen molar-refractivity contribution in [2.24, 2.45) is 0 Å². The Bertz CT molecular complexity index is 949. The number of benzene rings is 1. The molecule has 0 bridgehead atoms. The molecule has 2 aromatic rings. The van der Waals surface area contributed by atoms with E-state index in [2.05, 4.69) is 10.3 Å². The Kier molecular flexibility index (Phi) is 8.52. The Labute approximate surface area is 175 Å². The van der Waals surface area contributed by atoms with Crippen LogP contribution in [-0.2, 0) is 17.8 Å². The van der Waals surface area contributed by atoms with Gasteiger partial charge < -0.3 is 20.7 Å². The number of ether oxygens (including phenoxy) is 1. The molecule has 1 aromatic heterocycles. The maximum Gasteiger partial charge on any atom is 0.330 e. The lowest BCUT2D eigenvalue weighted by atomic mass is 10.1. The highest BCUT2D eigenvalue weighted by Crippen LogP contribution is 2.16. The first-order chi connectivity index (χ1) is 14.4. The predicted molar refractivity (Wildman–Crippen MR) is 118 cm³/mol. The minimum atomic E-state index is -0.585. The van der Waals surface area contributed by atoms with Gasteiger partial charge in [-0.15, -0.1) is 0 Å². The lowest BCUT2D eigenvalue weighted by Crippen LogP contribution is -2.43. The number of nitrogen functional groups attached to an aromatic ring is 1. The SMILES string of the molecule is CCCCn1c(N)c(N(CC)CC(=O)NCCc2ccc(OC)cc2)c(=O)[nH]c1=O. The predicted octanol–water partition coefficient (Wildman–Crippen LogP) is 1.11. The molecule has 1 heterocycles. The normalized spacial score (nSPS) is 10.6. The number of carbonyl (C=O) groups excluding carboxylic acids is 1. The first-order valence-corrected chi connectivity index (χ1v) is 10.2. The van der Waals surface area contributed by atoms with Crippen LogP contribution in [0.25, 0.3) is 0 Å². The summed E-state index contributed by atoms with van der Waals surface area (Å²) in [6, 6.07) is 7.64. The number of methoxy groups -OCH3 is 1. The number of nitrogens with one attached hydrogen (secondary N) is 2. The van der Waals surface area contributed by atoms with E-state index in [1.54, 1.807) is 12.0 Å². The first-order valence-electron chi connectivity index (χ1n) is 10.2. The zero-order valence-electron chi connectivity index (χ0n) is 17.9. The summed E-state index contributed by atoms with van der Waals surface area (Å²) in [7, 11) is 1.61. The number of aromatic amines is 1. The van der Waals surface area contributed by atoms with Crippen molar-refractivity contribution in [2.45, 2.75) is 39.7 Å². The number of aromatic nitrogens is 2. The summed E-state index contributed by atoms with van der Waals surface area (Å²) in [5, 5.41) is 2.86. The van der Waals surface area contributed by atoms with Crippen LogP contribution in [-0.4, -0.2) is 42.2 Å². The van der Waals surface area contributed by atoms with Crippen LogP contribution in [0.2, 0.25) is 0 Å². The van der Waals surface area contributed by atoms with Crippen LogP contribution >= 0.6 is 0 Å². The third-order valence-electron chi connectivity index (χ3n) is 4.88. The number of hydrogen-bond acceptors (Lipinski definition) is 6. The van der Waals surface area contributed by atoms with Gasteiger partial charge in [0.2, 0.25) is 5.91 Å². The van der Waals surface area contributed by atoms with E-state index in [4.69, 9.17) is 10.5 Å². The number of carbonyl (C=O) groups is 1. The van der Waals surface area contributed by atoms with Gasteiger partial charge in [0.05, 0.1) is 13.7 Å². The van der Waals surface area contributed by atoms with Crippen LogP contribution in [0.15, 0.2) is 33.9 Å². The highest BCUT2D eigenvalue weighted by molar-refractivity contribution is 5.82. The smallest absolute Gasteiger partial charge is 0.330 e. The van der Waals surface area contributed by atoms with E-state index in [1.165, 1.54) is 4.57 Å². The van der Waals surface area contributed by atoms with E-state index in [0.29, 0.717) is 26.1 Å². The Hall–Kier alpha value is -3.23. The van der Waals surface area contributed by atoms with Gasteiger partial charge in [-0.05, 0) is 37.5 Å². The summed E-state index contributed by atoms with van der Waals surface area (Å²) in [5.41, 5.74) is 6.25. The molecule has 4 N–H and O–H groups in total. The molecule has 0 fully saturated rings. The monoisotopic (exact) mass is 417 g/mol. The molecular formula is C21H31N5O4. The van der Waals surface area contributed by atoms with Crippen molar-refractivity contribution in [2.75, 3.05) is 37.4 Å². The van der Waals surface area contributed by atoms with Gasteiger partial charge in [0.1, 0.15) is 17.3 Å². The molecule has 0 aliphatic heterocycles. The summed E-state index contributed by atoms with van der Waals surface area (Å²) in [6.45, 7) is 5.07. The van der Waals surface area contributed by atoms with Crippen molar-refractivity contribution in [1.29, 1.82) is 0 Å². The van der Waals surface area contributed by atoms with Gasteiger partial charge in [0, 0.05) is 19.6 Å². The second-order valence-corrected chi connectivity index (χ2v) is 6.96. The quantitative estimate of drug-likeness (QED) is 0.503. The van der Waals surface area contributed by atoms with Crippen LogP contribution < -0.4 is 31.9 Å². The average molecular weight is 418 g/mol. The van der Waals surface area contributed by atoms with Gasteiger partial charge >= 0.3 is 5.69 Å². The Morgan fingerprint density at radius 3 is 2.53 bits per heavy atom. The second-order valence-electron chi connectivity index (χ2n) is 6.96. The fraction of sp³-hybridized carbons (Fsp3) is 0.476. The van der Waals surface area contributed by atoms with Crippen molar-refractivity contribution < 1.29 is 9.53 Å². The number of nitrogens with two attached hydrogens (primary N) is 1. The molecule has 1 aromatic carbocycles. The lowest BCUT2D eigenvalue weighted by molar-refractivity contribution is -0.119. The molecule has 0 saturated heterocycles. The van der Waals surface area contributed by atoms with Gasteiger partial charge in [-0.2, -0.15) is 0 Å². The first kappa shape index (κ1) is 23.1. The molecule has 2 rings (SSSR count). The number of unbranched alkanes of at least 4 members (excludes halogenated alkanes) is 1. The molecule has 164 valence electrons. The zero-order valence-corrected chi connectivity index (χ0v) is 17.9. The lowest BCUT2D eigenvalue weighted by Gasteiger charge is -2.24. The summed E-state index contributed by atoms with van der Waals surface area (Å²) in [4.78, 5) is 40.8. The van der Waals surface area contributed by atoms with E-state index >= 15 is 0 Å². The number of hydrogen-bond donors (Lipinski definition) is 3. The largest absolute Gasteiger partial charge is 0.497 e. The average Bonchev–Trinajstić information content (AvgIpc) is 2.73. The molecule has 9 heteroatoms. The number of amides is 1. The number of H-pyrrole nitrogens is 1. The van der Waals surface area contributed by atoms with Crippen molar-refractivity contribution in [1.82, 2.24) is 14.9 Å². The number of anilines is 2. The topological polar surface area (TPSA) is 122 Å². The van der Waals surface area contributed by atoms with Gasteiger partial charge in [0.15, 0.2) is 0 Å². The number of rotatable bonds is 11. The van der Waals surface area contributed by atoms with Crippen molar-refractivity contribution in [3.63, 3.8) is 0 Å². The molecule has 0 saturated carbocycles. The van der Waals surface area contributed by atoms with E-state index in [0.717, 1.165) is 24.2 Å². The summed E-state index contributed by atoms with van der Waals surface area (Å²) < 4.78 is 6.48. The molecule has 0 aliphatic carbocycles. The zero-order chi connectivity index (χ0) is 22.1. The van der Waals surface area contributed by atoms with E-state index < -0.39 is 11.2 Å². The number of likely N-dealkylation sites (N-methyl/N-ethyl adjacent to an activating group) is 1. The molecule has 30 heavy (non-hydrogen) atoms. The summed E-state index contributed by atoms with van der Waals surface area (Å²) in [5.74, 6) is 0.644. The van der Waals surface area contributed by atoms with E-state index in [9.17, 15) is 14.4 Å². The van der Waals surface area contributed by atoms with Gasteiger partial charge in [-0.1, -0.05) is 25.5 Å². The molecule has 1 amide bonds. The molecule has 0 radical (unpaired) electrons.